The minimum Gasteiger partial charge on any atom is -0.456 e. The molecule has 1 N–H and O–H groups in total. The zero-order valence-electron chi connectivity index (χ0n) is 12.8. The first-order valence-corrected chi connectivity index (χ1v) is 7.44. The molecule has 0 aliphatic rings. The standard InChI is InChI=1S/C17H24FNO/c1-5-8-19-10-15-13(9-11(2)3)16-12(4)6-7-14(18)17(16)20-15/h6-7,11,19H,5,8-10H2,1-4H3. The van der Waals surface area contributed by atoms with Crippen molar-refractivity contribution in [1.82, 2.24) is 5.32 Å². The molecule has 20 heavy (non-hydrogen) atoms. The third kappa shape index (κ3) is 3.04. The van der Waals surface area contributed by atoms with Crippen molar-refractivity contribution < 1.29 is 8.81 Å². The molecule has 110 valence electrons. The molecular formula is C17H24FNO. The lowest BCUT2D eigenvalue weighted by atomic mass is 9.97. The summed E-state index contributed by atoms with van der Waals surface area (Å²) in [6.07, 6.45) is 1.99. The maximum atomic E-state index is 14.0. The number of halogens is 1. The van der Waals surface area contributed by atoms with Gasteiger partial charge in [0.05, 0.1) is 6.54 Å². The van der Waals surface area contributed by atoms with E-state index in [0.717, 1.165) is 41.7 Å². The van der Waals surface area contributed by atoms with E-state index in [2.05, 4.69) is 26.1 Å². The van der Waals surface area contributed by atoms with Gasteiger partial charge in [-0.25, -0.2) is 4.39 Å². The van der Waals surface area contributed by atoms with E-state index >= 15 is 0 Å². The van der Waals surface area contributed by atoms with Crippen molar-refractivity contribution in [1.29, 1.82) is 0 Å². The van der Waals surface area contributed by atoms with Crippen LogP contribution in [0.15, 0.2) is 16.5 Å². The highest BCUT2D eigenvalue weighted by Crippen LogP contribution is 2.32. The summed E-state index contributed by atoms with van der Waals surface area (Å²) in [5.41, 5.74) is 2.66. The first kappa shape index (κ1) is 15.0. The smallest absolute Gasteiger partial charge is 0.170 e. The number of hydrogen-bond donors (Lipinski definition) is 1. The minimum absolute atomic E-state index is 0.266. The third-order valence-electron chi connectivity index (χ3n) is 3.51. The van der Waals surface area contributed by atoms with Crippen molar-refractivity contribution in [2.24, 2.45) is 5.92 Å². The van der Waals surface area contributed by atoms with Gasteiger partial charge in [0.1, 0.15) is 5.76 Å². The summed E-state index contributed by atoms with van der Waals surface area (Å²) >= 11 is 0. The molecule has 1 aromatic heterocycles. The predicted molar refractivity (Wildman–Crippen MR) is 81.4 cm³/mol. The lowest BCUT2D eigenvalue weighted by Crippen LogP contribution is -2.14. The quantitative estimate of drug-likeness (QED) is 0.782. The second kappa shape index (κ2) is 6.40. The highest BCUT2D eigenvalue weighted by atomic mass is 19.1. The lowest BCUT2D eigenvalue weighted by molar-refractivity contribution is 0.485. The Bertz CT molecular complexity index is 586. The number of benzene rings is 1. The van der Waals surface area contributed by atoms with E-state index in [4.69, 9.17) is 4.42 Å². The van der Waals surface area contributed by atoms with Crippen LogP contribution in [0.4, 0.5) is 4.39 Å². The Morgan fingerprint density at radius 1 is 1.30 bits per heavy atom. The summed E-state index contributed by atoms with van der Waals surface area (Å²) in [5, 5.41) is 4.31. The Hall–Kier alpha value is -1.35. The van der Waals surface area contributed by atoms with Crippen molar-refractivity contribution in [3.8, 4) is 0 Å². The van der Waals surface area contributed by atoms with Crippen molar-refractivity contribution in [2.75, 3.05) is 6.54 Å². The van der Waals surface area contributed by atoms with Crippen LogP contribution in [0.5, 0.6) is 0 Å². The lowest BCUT2D eigenvalue weighted by Gasteiger charge is -2.08. The molecule has 0 aliphatic carbocycles. The largest absolute Gasteiger partial charge is 0.456 e. The van der Waals surface area contributed by atoms with E-state index in [-0.39, 0.29) is 5.82 Å². The molecule has 0 saturated carbocycles. The van der Waals surface area contributed by atoms with E-state index in [0.29, 0.717) is 18.0 Å². The van der Waals surface area contributed by atoms with Crippen LogP contribution >= 0.6 is 0 Å². The Morgan fingerprint density at radius 2 is 2.05 bits per heavy atom. The van der Waals surface area contributed by atoms with Gasteiger partial charge in [0, 0.05) is 10.9 Å². The maximum Gasteiger partial charge on any atom is 0.170 e. The molecule has 2 aromatic rings. The fourth-order valence-corrected chi connectivity index (χ4v) is 2.60. The predicted octanol–water partition coefficient (Wildman–Crippen LogP) is 4.58. The van der Waals surface area contributed by atoms with Gasteiger partial charge in [-0.05, 0) is 43.9 Å². The molecule has 0 fully saturated rings. The number of aryl methyl sites for hydroxylation is 1. The Kier molecular flexibility index (Phi) is 4.81. The Labute approximate surface area is 120 Å². The van der Waals surface area contributed by atoms with Gasteiger partial charge < -0.3 is 9.73 Å². The average molecular weight is 277 g/mol. The van der Waals surface area contributed by atoms with E-state index in [1.165, 1.54) is 6.07 Å². The van der Waals surface area contributed by atoms with Gasteiger partial charge in [0.15, 0.2) is 11.4 Å². The second-order valence-electron chi connectivity index (χ2n) is 5.85. The van der Waals surface area contributed by atoms with Crippen LogP contribution in [0.3, 0.4) is 0 Å². The zero-order chi connectivity index (χ0) is 14.7. The van der Waals surface area contributed by atoms with Crippen molar-refractivity contribution in [3.05, 3.63) is 34.8 Å². The third-order valence-corrected chi connectivity index (χ3v) is 3.51. The molecule has 3 heteroatoms. The molecule has 0 amide bonds. The molecule has 0 bridgehead atoms. The van der Waals surface area contributed by atoms with Crippen LogP contribution in [-0.2, 0) is 13.0 Å². The van der Waals surface area contributed by atoms with Crippen LogP contribution in [-0.4, -0.2) is 6.54 Å². The highest BCUT2D eigenvalue weighted by Gasteiger charge is 2.19. The SMILES string of the molecule is CCCNCc1oc2c(F)ccc(C)c2c1CC(C)C. The molecule has 0 atom stereocenters. The van der Waals surface area contributed by atoms with E-state index in [9.17, 15) is 4.39 Å². The van der Waals surface area contributed by atoms with Crippen molar-refractivity contribution >= 4 is 11.0 Å². The van der Waals surface area contributed by atoms with Crippen molar-refractivity contribution in [2.45, 2.75) is 47.1 Å². The van der Waals surface area contributed by atoms with Crippen molar-refractivity contribution in [3.63, 3.8) is 0 Å². The Balaban J connectivity index is 2.49. The second-order valence-corrected chi connectivity index (χ2v) is 5.85. The molecule has 0 radical (unpaired) electrons. The minimum atomic E-state index is -0.266. The molecule has 0 aliphatic heterocycles. The first-order chi connectivity index (χ1) is 9.54. The van der Waals surface area contributed by atoms with Gasteiger partial charge in [0.25, 0.3) is 0 Å². The maximum absolute atomic E-state index is 14.0. The topological polar surface area (TPSA) is 25.2 Å². The van der Waals surface area contributed by atoms with Crippen LogP contribution in [0.1, 0.15) is 44.1 Å². The number of nitrogens with one attached hydrogen (secondary N) is 1. The average Bonchev–Trinajstić information content (AvgIpc) is 2.74. The summed E-state index contributed by atoms with van der Waals surface area (Å²) in [5.74, 6) is 1.14. The van der Waals surface area contributed by atoms with Gasteiger partial charge >= 0.3 is 0 Å². The number of rotatable bonds is 6. The normalized spacial score (nSPS) is 11.7. The van der Waals surface area contributed by atoms with Crippen LogP contribution in [0.25, 0.3) is 11.0 Å². The molecular weight excluding hydrogens is 253 g/mol. The summed E-state index contributed by atoms with van der Waals surface area (Å²) in [4.78, 5) is 0. The molecule has 2 rings (SSSR count). The molecule has 2 nitrogen and oxygen atoms in total. The monoisotopic (exact) mass is 277 g/mol. The summed E-state index contributed by atoms with van der Waals surface area (Å²) < 4.78 is 19.8. The molecule has 1 heterocycles. The Morgan fingerprint density at radius 3 is 2.70 bits per heavy atom. The number of hydrogen-bond acceptors (Lipinski definition) is 2. The van der Waals surface area contributed by atoms with Gasteiger partial charge in [0.2, 0.25) is 0 Å². The number of fused-ring (bicyclic) bond motifs is 1. The number of furan rings is 1. The first-order valence-electron chi connectivity index (χ1n) is 7.44. The molecule has 0 spiro atoms. The van der Waals surface area contributed by atoms with Gasteiger partial charge in [-0.15, -0.1) is 0 Å². The van der Waals surface area contributed by atoms with Crippen LogP contribution in [0, 0.1) is 18.7 Å². The van der Waals surface area contributed by atoms with Crippen LogP contribution < -0.4 is 5.32 Å². The van der Waals surface area contributed by atoms with E-state index in [1.807, 2.05) is 13.0 Å². The zero-order valence-corrected chi connectivity index (χ0v) is 12.8. The van der Waals surface area contributed by atoms with Crippen LogP contribution in [0.2, 0.25) is 0 Å². The molecule has 0 saturated heterocycles. The summed E-state index contributed by atoms with van der Waals surface area (Å²) in [6, 6.07) is 3.32. The molecule has 0 unspecified atom stereocenters. The fraction of sp³-hybridized carbons (Fsp3) is 0.529. The van der Waals surface area contributed by atoms with E-state index < -0.39 is 0 Å². The van der Waals surface area contributed by atoms with Gasteiger partial charge in [-0.1, -0.05) is 26.8 Å². The molecule has 1 aromatic carbocycles. The van der Waals surface area contributed by atoms with E-state index in [1.54, 1.807) is 0 Å². The fourth-order valence-electron chi connectivity index (χ4n) is 2.60. The summed E-state index contributed by atoms with van der Waals surface area (Å²) in [7, 11) is 0. The van der Waals surface area contributed by atoms with Gasteiger partial charge in [-0.3, -0.25) is 0 Å². The highest BCUT2D eigenvalue weighted by molar-refractivity contribution is 5.86. The summed E-state index contributed by atoms with van der Waals surface area (Å²) in [6.45, 7) is 10.1. The van der Waals surface area contributed by atoms with Gasteiger partial charge in [-0.2, -0.15) is 0 Å².